The molecular weight excluding hydrogens is 222 g/mol. The minimum atomic E-state index is 0.131. The number of nitrogens with two attached hydrogens (primary N) is 1. The Kier molecular flexibility index (Phi) is 3.35. The van der Waals surface area contributed by atoms with Crippen molar-refractivity contribution < 1.29 is 0 Å². The monoisotopic (exact) mass is 245 g/mol. The molecule has 0 amide bonds. The molecule has 0 saturated carbocycles. The maximum atomic E-state index is 5.82. The zero-order chi connectivity index (χ0) is 13.3. The molecule has 1 heterocycles. The van der Waals surface area contributed by atoms with E-state index in [-0.39, 0.29) is 5.41 Å². The van der Waals surface area contributed by atoms with Crippen LogP contribution in [0.15, 0.2) is 30.5 Å². The van der Waals surface area contributed by atoms with Crippen molar-refractivity contribution in [2.75, 3.05) is 25.0 Å². The van der Waals surface area contributed by atoms with Gasteiger partial charge in [-0.3, -0.25) is 0 Å². The molecule has 2 rings (SSSR count). The molecule has 0 aliphatic carbocycles. The van der Waals surface area contributed by atoms with Crippen molar-refractivity contribution in [1.29, 1.82) is 0 Å². The van der Waals surface area contributed by atoms with E-state index in [1.807, 2.05) is 0 Å². The van der Waals surface area contributed by atoms with E-state index < -0.39 is 0 Å². The summed E-state index contributed by atoms with van der Waals surface area (Å²) in [5, 5.41) is 1.30. The third-order valence-electron chi connectivity index (χ3n) is 3.50. The minimum absolute atomic E-state index is 0.131. The lowest BCUT2D eigenvalue weighted by molar-refractivity contribution is 0.385. The molecule has 0 bridgehead atoms. The van der Waals surface area contributed by atoms with E-state index in [0.717, 1.165) is 6.54 Å². The largest absolute Gasteiger partial charge is 0.372 e. The lowest BCUT2D eigenvalue weighted by Gasteiger charge is -2.30. The van der Waals surface area contributed by atoms with Crippen LogP contribution in [0.5, 0.6) is 0 Å². The fourth-order valence-electron chi connectivity index (χ4n) is 2.42. The Labute approximate surface area is 109 Å². The molecule has 0 fully saturated rings. The Morgan fingerprint density at radius 1 is 1.28 bits per heavy atom. The Morgan fingerprint density at radius 3 is 2.61 bits per heavy atom. The smallest absolute Gasteiger partial charge is 0.0623 e. The number of anilines is 1. The van der Waals surface area contributed by atoms with Crippen LogP contribution in [-0.2, 0) is 7.05 Å². The molecule has 3 heteroatoms. The molecule has 1 aromatic carbocycles. The lowest BCUT2D eigenvalue weighted by Crippen LogP contribution is -2.36. The highest BCUT2D eigenvalue weighted by Gasteiger charge is 2.20. The number of aromatic nitrogens is 1. The predicted molar refractivity (Wildman–Crippen MR) is 79.0 cm³/mol. The van der Waals surface area contributed by atoms with Crippen molar-refractivity contribution in [2.24, 2.45) is 18.2 Å². The highest BCUT2D eigenvalue weighted by Crippen LogP contribution is 2.29. The van der Waals surface area contributed by atoms with Crippen molar-refractivity contribution >= 4 is 16.6 Å². The third kappa shape index (κ3) is 2.36. The van der Waals surface area contributed by atoms with Crippen molar-refractivity contribution in [3.05, 3.63) is 30.5 Å². The van der Waals surface area contributed by atoms with Gasteiger partial charge in [-0.05, 0) is 18.0 Å². The van der Waals surface area contributed by atoms with Gasteiger partial charge in [0.05, 0.1) is 5.69 Å². The number of hydrogen-bond donors (Lipinski definition) is 1. The average Bonchev–Trinajstić information content (AvgIpc) is 2.67. The van der Waals surface area contributed by atoms with E-state index >= 15 is 0 Å². The number of rotatable bonds is 4. The third-order valence-corrected chi connectivity index (χ3v) is 3.50. The number of para-hydroxylation sites is 1. The highest BCUT2D eigenvalue weighted by molar-refractivity contribution is 5.93. The van der Waals surface area contributed by atoms with Gasteiger partial charge >= 0.3 is 0 Å². The quantitative estimate of drug-likeness (QED) is 0.898. The SMILES string of the molecule is CN(CC(C)(C)CN)c1cn(C)c2ccccc12. The molecule has 3 nitrogen and oxygen atoms in total. The van der Waals surface area contributed by atoms with Gasteiger partial charge in [0.2, 0.25) is 0 Å². The van der Waals surface area contributed by atoms with Crippen LogP contribution in [0.3, 0.4) is 0 Å². The summed E-state index contributed by atoms with van der Waals surface area (Å²) in [5.41, 5.74) is 8.49. The molecule has 2 aromatic rings. The summed E-state index contributed by atoms with van der Waals surface area (Å²) in [6.07, 6.45) is 2.19. The first kappa shape index (κ1) is 13.0. The standard InChI is InChI=1S/C15H23N3/c1-15(2,10-16)11-18(4)14-9-17(3)13-8-6-5-7-12(13)14/h5-9H,10-11,16H2,1-4H3. The molecule has 0 aliphatic heterocycles. The Balaban J connectivity index is 2.36. The number of aryl methyl sites for hydroxylation is 1. The molecule has 98 valence electrons. The average molecular weight is 245 g/mol. The topological polar surface area (TPSA) is 34.2 Å². The second-order valence-electron chi connectivity index (χ2n) is 5.87. The normalized spacial score (nSPS) is 12.1. The number of nitrogens with zero attached hydrogens (tertiary/aromatic N) is 2. The van der Waals surface area contributed by atoms with E-state index in [1.165, 1.54) is 16.6 Å². The number of benzene rings is 1. The van der Waals surface area contributed by atoms with Gasteiger partial charge in [-0.15, -0.1) is 0 Å². The van der Waals surface area contributed by atoms with Gasteiger partial charge in [-0.25, -0.2) is 0 Å². The summed E-state index contributed by atoms with van der Waals surface area (Å²) in [5.74, 6) is 0. The van der Waals surface area contributed by atoms with E-state index in [4.69, 9.17) is 5.73 Å². The Morgan fingerprint density at radius 2 is 1.94 bits per heavy atom. The van der Waals surface area contributed by atoms with Crippen LogP contribution in [0.2, 0.25) is 0 Å². The van der Waals surface area contributed by atoms with Crippen LogP contribution in [0.25, 0.3) is 10.9 Å². The molecule has 0 radical (unpaired) electrons. The maximum absolute atomic E-state index is 5.82. The summed E-state index contributed by atoms with van der Waals surface area (Å²) in [4.78, 5) is 2.30. The van der Waals surface area contributed by atoms with Gasteiger partial charge < -0.3 is 15.2 Å². The van der Waals surface area contributed by atoms with Gasteiger partial charge in [0, 0.05) is 37.7 Å². The molecule has 0 unspecified atom stereocenters. The Hall–Kier alpha value is -1.48. The van der Waals surface area contributed by atoms with E-state index in [0.29, 0.717) is 6.54 Å². The van der Waals surface area contributed by atoms with Crippen molar-refractivity contribution in [3.8, 4) is 0 Å². The molecule has 0 atom stereocenters. The molecule has 0 aliphatic rings. The van der Waals surface area contributed by atoms with Crippen LogP contribution >= 0.6 is 0 Å². The highest BCUT2D eigenvalue weighted by atomic mass is 15.1. The molecular formula is C15H23N3. The van der Waals surface area contributed by atoms with E-state index in [9.17, 15) is 0 Å². The number of hydrogen-bond acceptors (Lipinski definition) is 2. The van der Waals surface area contributed by atoms with E-state index in [1.54, 1.807) is 0 Å². The molecule has 1 aromatic heterocycles. The summed E-state index contributed by atoms with van der Waals surface area (Å²) in [6, 6.07) is 8.50. The van der Waals surface area contributed by atoms with Gasteiger partial charge in [0.25, 0.3) is 0 Å². The number of fused-ring (bicyclic) bond motifs is 1. The van der Waals surface area contributed by atoms with Gasteiger partial charge in [-0.1, -0.05) is 32.0 Å². The first-order valence-corrected chi connectivity index (χ1v) is 6.40. The fourth-order valence-corrected chi connectivity index (χ4v) is 2.42. The Bertz CT molecular complexity index is 540. The molecule has 18 heavy (non-hydrogen) atoms. The summed E-state index contributed by atoms with van der Waals surface area (Å²) < 4.78 is 2.18. The second-order valence-corrected chi connectivity index (χ2v) is 5.87. The zero-order valence-electron chi connectivity index (χ0n) is 11.8. The van der Waals surface area contributed by atoms with E-state index in [2.05, 4.69) is 67.9 Å². The molecule has 2 N–H and O–H groups in total. The second kappa shape index (κ2) is 4.65. The zero-order valence-corrected chi connectivity index (χ0v) is 11.8. The summed E-state index contributed by atoms with van der Waals surface area (Å²) in [6.45, 7) is 6.06. The lowest BCUT2D eigenvalue weighted by atomic mass is 9.93. The van der Waals surface area contributed by atoms with Crippen molar-refractivity contribution in [1.82, 2.24) is 4.57 Å². The summed E-state index contributed by atoms with van der Waals surface area (Å²) in [7, 11) is 4.23. The summed E-state index contributed by atoms with van der Waals surface area (Å²) >= 11 is 0. The van der Waals surface area contributed by atoms with Crippen molar-refractivity contribution in [2.45, 2.75) is 13.8 Å². The fraction of sp³-hybridized carbons (Fsp3) is 0.467. The van der Waals surface area contributed by atoms with Crippen LogP contribution < -0.4 is 10.6 Å². The first-order valence-electron chi connectivity index (χ1n) is 6.40. The van der Waals surface area contributed by atoms with Gasteiger partial charge in [-0.2, -0.15) is 0 Å². The predicted octanol–water partition coefficient (Wildman–Crippen LogP) is 2.60. The van der Waals surface area contributed by atoms with Gasteiger partial charge in [0.1, 0.15) is 0 Å². The van der Waals surface area contributed by atoms with Crippen LogP contribution in [0.1, 0.15) is 13.8 Å². The van der Waals surface area contributed by atoms with Crippen molar-refractivity contribution in [3.63, 3.8) is 0 Å². The maximum Gasteiger partial charge on any atom is 0.0623 e. The van der Waals surface area contributed by atoms with Crippen LogP contribution in [-0.4, -0.2) is 24.7 Å². The minimum Gasteiger partial charge on any atom is -0.372 e. The van der Waals surface area contributed by atoms with Crippen LogP contribution in [0, 0.1) is 5.41 Å². The first-order chi connectivity index (χ1) is 8.44. The molecule has 0 saturated heterocycles. The van der Waals surface area contributed by atoms with Crippen LogP contribution in [0.4, 0.5) is 5.69 Å². The van der Waals surface area contributed by atoms with Gasteiger partial charge in [0.15, 0.2) is 0 Å². The molecule has 0 spiro atoms.